The van der Waals surface area contributed by atoms with Gasteiger partial charge in [0.15, 0.2) is 12.4 Å². The number of Topliss-reactive ketones (excluding diaryl/α,β-unsaturated/α-hetero) is 1. The lowest BCUT2D eigenvalue weighted by Crippen LogP contribution is -2.15. The highest BCUT2D eigenvalue weighted by Gasteiger charge is 2.19. The summed E-state index contributed by atoms with van der Waals surface area (Å²) in [5.41, 5.74) is 5.69. The minimum atomic E-state index is -0.396. The quantitative estimate of drug-likeness (QED) is 0.179. The van der Waals surface area contributed by atoms with Crippen molar-refractivity contribution in [2.45, 2.75) is 53.5 Å². The molecule has 0 saturated heterocycles. The first-order chi connectivity index (χ1) is 16.0. The average Bonchev–Trinajstić information content (AvgIpc) is 3.09. The molecule has 6 nitrogen and oxygen atoms in total. The van der Waals surface area contributed by atoms with Crippen LogP contribution in [-0.2, 0) is 12.0 Å². The van der Waals surface area contributed by atoms with E-state index in [0.29, 0.717) is 5.56 Å². The average molecular weight is 459 g/mol. The molecule has 4 aromatic rings. The maximum atomic E-state index is 13.1. The Hall–Kier alpha value is -3.67. The summed E-state index contributed by atoms with van der Waals surface area (Å²) >= 11 is 0. The van der Waals surface area contributed by atoms with Gasteiger partial charge in [-0.3, -0.25) is 14.9 Å². The van der Waals surface area contributed by atoms with Gasteiger partial charge < -0.3 is 9.30 Å². The summed E-state index contributed by atoms with van der Waals surface area (Å²) < 4.78 is 8.08. The summed E-state index contributed by atoms with van der Waals surface area (Å²) in [7, 11) is 0. The molecule has 1 heterocycles. The third-order valence-electron chi connectivity index (χ3n) is 6.37. The van der Waals surface area contributed by atoms with Gasteiger partial charge in [-0.15, -0.1) is 0 Å². The van der Waals surface area contributed by atoms with Crippen LogP contribution < -0.4 is 4.74 Å². The number of hydrogen-bond acceptors (Lipinski definition) is 4. The summed E-state index contributed by atoms with van der Waals surface area (Å²) in [6.45, 7) is 13.2. The molecule has 0 atom stereocenters. The number of carbonyl (C=O) groups is 1. The van der Waals surface area contributed by atoms with Gasteiger partial charge in [0, 0.05) is 46.0 Å². The number of nitro groups is 1. The van der Waals surface area contributed by atoms with E-state index in [-0.39, 0.29) is 23.5 Å². The van der Waals surface area contributed by atoms with E-state index < -0.39 is 4.92 Å². The van der Waals surface area contributed by atoms with Crippen molar-refractivity contribution in [3.05, 3.63) is 80.9 Å². The van der Waals surface area contributed by atoms with E-state index in [4.69, 9.17) is 4.74 Å². The van der Waals surface area contributed by atoms with E-state index in [1.807, 2.05) is 32.9 Å². The van der Waals surface area contributed by atoms with Crippen molar-refractivity contribution in [2.75, 3.05) is 6.61 Å². The largest absolute Gasteiger partial charge is 0.485 e. The number of carbonyl (C=O) groups excluding carboxylic acids is 1. The van der Waals surface area contributed by atoms with Gasteiger partial charge in [-0.1, -0.05) is 32.9 Å². The highest BCUT2D eigenvalue weighted by atomic mass is 16.6. The van der Waals surface area contributed by atoms with E-state index in [0.717, 1.165) is 45.2 Å². The van der Waals surface area contributed by atoms with Crippen LogP contribution in [0.25, 0.3) is 21.8 Å². The van der Waals surface area contributed by atoms with Crippen LogP contribution in [0.1, 0.15) is 54.7 Å². The van der Waals surface area contributed by atoms with Crippen molar-refractivity contribution in [1.82, 2.24) is 4.57 Å². The number of aryl methyl sites for hydroxylation is 3. The fourth-order valence-electron chi connectivity index (χ4n) is 4.55. The molecule has 34 heavy (non-hydrogen) atoms. The van der Waals surface area contributed by atoms with Crippen molar-refractivity contribution in [3.63, 3.8) is 0 Å². The Kier molecular flexibility index (Phi) is 5.94. The molecule has 0 bridgehead atoms. The van der Waals surface area contributed by atoms with Gasteiger partial charge in [0.05, 0.1) is 4.92 Å². The van der Waals surface area contributed by atoms with Crippen molar-refractivity contribution >= 4 is 33.3 Å². The van der Waals surface area contributed by atoms with Gasteiger partial charge in [0.25, 0.3) is 5.69 Å². The number of benzene rings is 3. The zero-order valence-electron chi connectivity index (χ0n) is 20.6. The van der Waals surface area contributed by atoms with Crippen LogP contribution in [0.15, 0.2) is 48.5 Å². The molecule has 0 N–H and O–H groups in total. The third-order valence-corrected chi connectivity index (χ3v) is 6.37. The molecule has 4 rings (SSSR count). The zero-order chi connectivity index (χ0) is 24.8. The molecule has 1 aromatic heterocycles. The molecule has 0 unspecified atom stereocenters. The predicted octanol–water partition coefficient (Wildman–Crippen LogP) is 6.90. The highest BCUT2D eigenvalue weighted by Crippen LogP contribution is 2.33. The van der Waals surface area contributed by atoms with Crippen LogP contribution in [0, 0.1) is 24.0 Å². The summed E-state index contributed by atoms with van der Waals surface area (Å²) in [6.07, 6.45) is 0. The third kappa shape index (κ3) is 4.16. The number of nitrogens with zero attached hydrogens (tertiary/aromatic N) is 2. The van der Waals surface area contributed by atoms with E-state index in [9.17, 15) is 14.9 Å². The molecule has 0 fully saturated rings. The number of non-ortho nitro benzene ring substituents is 1. The van der Waals surface area contributed by atoms with Crippen LogP contribution in [0.2, 0.25) is 0 Å². The molecule has 0 aliphatic heterocycles. The summed E-state index contributed by atoms with van der Waals surface area (Å²) in [5.74, 6) is 0.601. The van der Waals surface area contributed by atoms with Gasteiger partial charge >= 0.3 is 0 Å². The Morgan fingerprint density at radius 2 is 1.56 bits per heavy atom. The lowest BCUT2D eigenvalue weighted by molar-refractivity contribution is -0.384. The number of hydrogen-bond donors (Lipinski definition) is 0. The molecule has 0 aliphatic rings. The minimum absolute atomic E-state index is 0.0338. The van der Waals surface area contributed by atoms with Crippen LogP contribution in [-0.4, -0.2) is 21.9 Å². The molecule has 6 heteroatoms. The Balaban J connectivity index is 1.67. The first kappa shape index (κ1) is 23.5. The SMILES string of the molecule is CCn1c2ccc(C(=O)COc3c(C)cc(C(C)(C)C)cc3C)cc2c2cc([N+](=O)[O-])ccc21. The second-order valence-corrected chi connectivity index (χ2v) is 9.84. The second kappa shape index (κ2) is 8.60. The zero-order valence-corrected chi connectivity index (χ0v) is 20.6. The van der Waals surface area contributed by atoms with Gasteiger partial charge in [-0.05, 0) is 67.1 Å². The van der Waals surface area contributed by atoms with Crippen molar-refractivity contribution in [2.24, 2.45) is 0 Å². The van der Waals surface area contributed by atoms with Crippen LogP contribution in [0.5, 0.6) is 5.75 Å². The Labute approximate surface area is 199 Å². The monoisotopic (exact) mass is 458 g/mol. The van der Waals surface area contributed by atoms with Gasteiger partial charge in [0.2, 0.25) is 0 Å². The normalized spacial score (nSPS) is 11.8. The Morgan fingerprint density at radius 3 is 2.12 bits per heavy atom. The number of ether oxygens (including phenoxy) is 1. The number of nitro benzene ring substituents is 1. The lowest BCUT2D eigenvalue weighted by Gasteiger charge is -2.22. The molecular weight excluding hydrogens is 428 g/mol. The first-order valence-electron chi connectivity index (χ1n) is 11.5. The summed E-state index contributed by atoms with van der Waals surface area (Å²) in [5, 5.41) is 12.9. The summed E-state index contributed by atoms with van der Waals surface area (Å²) in [6, 6.07) is 14.6. The molecule has 0 amide bonds. The standard InChI is InChI=1S/C28H30N2O4/c1-7-29-24-10-8-19(14-22(24)23-15-21(30(32)33)9-11-25(23)29)26(31)16-34-27-17(2)12-20(13-18(27)3)28(4,5)6/h8-15H,7,16H2,1-6H3. The number of aromatic nitrogens is 1. The molecule has 3 aromatic carbocycles. The Bertz CT molecular complexity index is 1420. The van der Waals surface area contributed by atoms with Gasteiger partial charge in [0.1, 0.15) is 5.75 Å². The number of ketones is 1. The predicted molar refractivity (Wildman–Crippen MR) is 136 cm³/mol. The maximum Gasteiger partial charge on any atom is 0.270 e. The smallest absolute Gasteiger partial charge is 0.270 e. The van der Waals surface area contributed by atoms with Crippen molar-refractivity contribution in [3.8, 4) is 5.75 Å². The molecule has 176 valence electrons. The van der Waals surface area contributed by atoms with Crippen molar-refractivity contribution in [1.29, 1.82) is 0 Å². The summed E-state index contributed by atoms with van der Waals surface area (Å²) in [4.78, 5) is 24.0. The topological polar surface area (TPSA) is 74.4 Å². The number of rotatable bonds is 6. The van der Waals surface area contributed by atoms with Gasteiger partial charge in [-0.25, -0.2) is 0 Å². The molecule has 0 aliphatic carbocycles. The van der Waals surface area contributed by atoms with E-state index in [1.165, 1.54) is 11.6 Å². The molecule has 0 spiro atoms. The lowest BCUT2D eigenvalue weighted by atomic mass is 9.85. The van der Waals surface area contributed by atoms with Crippen molar-refractivity contribution < 1.29 is 14.5 Å². The number of fused-ring (bicyclic) bond motifs is 3. The van der Waals surface area contributed by atoms with E-state index >= 15 is 0 Å². The van der Waals surface area contributed by atoms with E-state index in [2.05, 4.69) is 37.5 Å². The molecule has 0 saturated carbocycles. The Morgan fingerprint density at radius 1 is 0.971 bits per heavy atom. The molecular formula is C28H30N2O4. The van der Waals surface area contributed by atoms with Gasteiger partial charge in [-0.2, -0.15) is 0 Å². The first-order valence-corrected chi connectivity index (χ1v) is 11.5. The molecule has 0 radical (unpaired) electrons. The van der Waals surface area contributed by atoms with E-state index in [1.54, 1.807) is 18.2 Å². The van der Waals surface area contributed by atoms with Crippen LogP contribution in [0.3, 0.4) is 0 Å². The maximum absolute atomic E-state index is 13.1. The fraction of sp³-hybridized carbons (Fsp3) is 0.321. The second-order valence-electron chi connectivity index (χ2n) is 9.84. The fourth-order valence-corrected chi connectivity index (χ4v) is 4.55. The highest BCUT2D eigenvalue weighted by molar-refractivity contribution is 6.11. The minimum Gasteiger partial charge on any atom is -0.485 e. The van der Waals surface area contributed by atoms with Crippen LogP contribution >= 0.6 is 0 Å². The van der Waals surface area contributed by atoms with Crippen LogP contribution in [0.4, 0.5) is 5.69 Å².